The molecule has 4 rings (SSSR count). The van der Waals surface area contributed by atoms with Crippen molar-refractivity contribution >= 4 is 16.7 Å². The number of nitrogens with zero attached hydrogens (tertiary/aromatic N) is 1. The fourth-order valence-corrected chi connectivity index (χ4v) is 3.69. The Labute approximate surface area is 171 Å². The van der Waals surface area contributed by atoms with Crippen LogP contribution in [-0.4, -0.2) is 50.3 Å². The molecule has 1 unspecified atom stereocenters. The molecule has 1 saturated heterocycles. The molecular formula is C24H26N2O3. The Morgan fingerprint density at radius 2 is 1.69 bits per heavy atom. The lowest BCUT2D eigenvalue weighted by Crippen LogP contribution is -2.44. The van der Waals surface area contributed by atoms with Crippen molar-refractivity contribution in [2.24, 2.45) is 0 Å². The van der Waals surface area contributed by atoms with Gasteiger partial charge in [0.15, 0.2) is 6.61 Å². The molecule has 0 spiro atoms. The summed E-state index contributed by atoms with van der Waals surface area (Å²) in [4.78, 5) is 14.8. The van der Waals surface area contributed by atoms with Gasteiger partial charge in [-0.25, -0.2) is 0 Å². The molecule has 1 heterocycles. The van der Waals surface area contributed by atoms with E-state index in [4.69, 9.17) is 9.47 Å². The van der Waals surface area contributed by atoms with Crippen LogP contribution >= 0.6 is 0 Å². The first-order chi connectivity index (χ1) is 14.3. The zero-order valence-electron chi connectivity index (χ0n) is 16.4. The smallest absolute Gasteiger partial charge is 0.258 e. The minimum atomic E-state index is -0.118. The molecule has 150 valence electrons. The fraction of sp³-hybridized carbons (Fsp3) is 0.292. The first-order valence-corrected chi connectivity index (χ1v) is 10.0. The Morgan fingerprint density at radius 3 is 2.48 bits per heavy atom. The summed E-state index contributed by atoms with van der Waals surface area (Å²) in [6.07, 6.45) is 0. The SMILES string of the molecule is O=C(COc1ccc2ccccc2c1)NCC(c1ccccc1)N1CCOCC1. The van der Waals surface area contributed by atoms with Gasteiger partial charge < -0.3 is 14.8 Å². The van der Waals surface area contributed by atoms with Crippen molar-refractivity contribution in [2.75, 3.05) is 39.5 Å². The Hall–Kier alpha value is -2.89. The topological polar surface area (TPSA) is 50.8 Å². The molecule has 1 N–H and O–H groups in total. The van der Waals surface area contributed by atoms with E-state index in [2.05, 4.69) is 28.4 Å². The fourth-order valence-electron chi connectivity index (χ4n) is 3.69. The highest BCUT2D eigenvalue weighted by molar-refractivity contribution is 5.84. The van der Waals surface area contributed by atoms with Crippen LogP contribution in [0.1, 0.15) is 11.6 Å². The summed E-state index contributed by atoms with van der Waals surface area (Å²) in [5, 5.41) is 5.29. The van der Waals surface area contributed by atoms with Gasteiger partial charge in [0.05, 0.1) is 19.3 Å². The standard InChI is InChI=1S/C24H26N2O3/c27-24(18-29-22-11-10-19-6-4-5-9-21(19)16-22)25-17-23(20-7-2-1-3-8-20)26-12-14-28-15-13-26/h1-11,16,23H,12-15,17-18H2,(H,25,27). The maximum absolute atomic E-state index is 12.4. The van der Waals surface area contributed by atoms with E-state index in [1.54, 1.807) is 0 Å². The number of hydrogen-bond donors (Lipinski definition) is 1. The molecule has 0 radical (unpaired) electrons. The Kier molecular flexibility index (Phi) is 6.39. The Bertz CT molecular complexity index is 939. The van der Waals surface area contributed by atoms with Crippen LogP contribution < -0.4 is 10.1 Å². The molecule has 5 nitrogen and oxygen atoms in total. The minimum absolute atomic E-state index is 0.00294. The van der Waals surface area contributed by atoms with Crippen molar-refractivity contribution in [1.29, 1.82) is 0 Å². The van der Waals surface area contributed by atoms with Crippen molar-refractivity contribution in [3.63, 3.8) is 0 Å². The van der Waals surface area contributed by atoms with E-state index >= 15 is 0 Å². The van der Waals surface area contributed by atoms with Crippen LogP contribution in [0.3, 0.4) is 0 Å². The van der Waals surface area contributed by atoms with Crippen LogP contribution in [-0.2, 0) is 9.53 Å². The number of ether oxygens (including phenoxy) is 2. The van der Waals surface area contributed by atoms with E-state index in [0.717, 1.165) is 37.1 Å². The third kappa shape index (κ3) is 5.13. The van der Waals surface area contributed by atoms with Crippen LogP contribution in [0.15, 0.2) is 72.8 Å². The molecule has 5 heteroatoms. The van der Waals surface area contributed by atoms with E-state index in [9.17, 15) is 4.79 Å². The second-order valence-electron chi connectivity index (χ2n) is 7.18. The number of rotatable bonds is 7. The number of hydrogen-bond acceptors (Lipinski definition) is 4. The third-order valence-electron chi connectivity index (χ3n) is 5.25. The molecule has 3 aromatic carbocycles. The molecule has 1 aliphatic rings. The van der Waals surface area contributed by atoms with Gasteiger partial charge in [-0.05, 0) is 28.5 Å². The summed E-state index contributed by atoms with van der Waals surface area (Å²) < 4.78 is 11.2. The van der Waals surface area contributed by atoms with Gasteiger partial charge in [0, 0.05) is 19.6 Å². The van der Waals surface area contributed by atoms with Gasteiger partial charge in [-0.15, -0.1) is 0 Å². The number of carbonyl (C=O) groups is 1. The number of carbonyl (C=O) groups excluding carboxylic acids is 1. The molecular weight excluding hydrogens is 364 g/mol. The van der Waals surface area contributed by atoms with Crippen molar-refractivity contribution in [2.45, 2.75) is 6.04 Å². The highest BCUT2D eigenvalue weighted by Crippen LogP contribution is 2.22. The lowest BCUT2D eigenvalue weighted by atomic mass is 10.0. The van der Waals surface area contributed by atoms with E-state index in [1.807, 2.05) is 54.6 Å². The number of amides is 1. The summed E-state index contributed by atoms with van der Waals surface area (Å²) in [6.45, 7) is 3.73. The van der Waals surface area contributed by atoms with Gasteiger partial charge in [0.2, 0.25) is 0 Å². The van der Waals surface area contributed by atoms with Gasteiger partial charge in [-0.2, -0.15) is 0 Å². The predicted octanol–water partition coefficient (Wildman–Crippen LogP) is 3.41. The second kappa shape index (κ2) is 9.54. The molecule has 1 amide bonds. The number of fused-ring (bicyclic) bond motifs is 1. The van der Waals surface area contributed by atoms with Crippen LogP contribution in [0.25, 0.3) is 10.8 Å². The molecule has 1 fully saturated rings. The minimum Gasteiger partial charge on any atom is -0.484 e. The van der Waals surface area contributed by atoms with Gasteiger partial charge in [0.1, 0.15) is 5.75 Å². The zero-order chi connectivity index (χ0) is 19.9. The average Bonchev–Trinajstić information content (AvgIpc) is 2.79. The van der Waals surface area contributed by atoms with Gasteiger partial charge >= 0.3 is 0 Å². The molecule has 0 aromatic heterocycles. The summed E-state index contributed by atoms with van der Waals surface area (Å²) >= 11 is 0. The molecule has 0 bridgehead atoms. The molecule has 1 aliphatic heterocycles. The molecule has 1 atom stereocenters. The van der Waals surface area contributed by atoms with Crippen LogP contribution in [0, 0.1) is 0 Å². The Balaban J connectivity index is 1.34. The largest absolute Gasteiger partial charge is 0.484 e. The number of nitrogens with one attached hydrogen (secondary N) is 1. The highest BCUT2D eigenvalue weighted by atomic mass is 16.5. The molecule has 29 heavy (non-hydrogen) atoms. The van der Waals surface area contributed by atoms with Crippen LogP contribution in [0.2, 0.25) is 0 Å². The van der Waals surface area contributed by atoms with Crippen LogP contribution in [0.5, 0.6) is 5.75 Å². The summed E-state index contributed by atoms with van der Waals surface area (Å²) in [7, 11) is 0. The maximum atomic E-state index is 12.4. The quantitative estimate of drug-likeness (QED) is 0.672. The van der Waals surface area contributed by atoms with Gasteiger partial charge in [-0.3, -0.25) is 9.69 Å². The first-order valence-electron chi connectivity index (χ1n) is 10.0. The summed E-state index contributed by atoms with van der Waals surface area (Å²) in [5.74, 6) is 0.582. The zero-order valence-corrected chi connectivity index (χ0v) is 16.4. The molecule has 0 aliphatic carbocycles. The summed E-state index contributed by atoms with van der Waals surface area (Å²) in [5.41, 5.74) is 1.20. The Morgan fingerprint density at radius 1 is 0.966 bits per heavy atom. The van der Waals surface area contributed by atoms with Crippen LogP contribution in [0.4, 0.5) is 0 Å². The van der Waals surface area contributed by atoms with Crippen molar-refractivity contribution in [3.05, 3.63) is 78.4 Å². The van der Waals surface area contributed by atoms with Crippen molar-refractivity contribution < 1.29 is 14.3 Å². The first kappa shape index (κ1) is 19.4. The lowest BCUT2D eigenvalue weighted by molar-refractivity contribution is -0.123. The second-order valence-corrected chi connectivity index (χ2v) is 7.18. The van der Waals surface area contributed by atoms with Crippen molar-refractivity contribution in [3.8, 4) is 5.75 Å². The number of benzene rings is 3. The normalized spacial score (nSPS) is 15.7. The van der Waals surface area contributed by atoms with E-state index in [1.165, 1.54) is 5.56 Å². The van der Waals surface area contributed by atoms with Gasteiger partial charge in [0.25, 0.3) is 5.91 Å². The number of morpholine rings is 1. The third-order valence-corrected chi connectivity index (χ3v) is 5.25. The average molecular weight is 390 g/mol. The maximum Gasteiger partial charge on any atom is 0.258 e. The molecule has 0 saturated carbocycles. The molecule has 3 aromatic rings. The highest BCUT2D eigenvalue weighted by Gasteiger charge is 2.23. The van der Waals surface area contributed by atoms with E-state index in [0.29, 0.717) is 12.3 Å². The van der Waals surface area contributed by atoms with E-state index in [-0.39, 0.29) is 18.6 Å². The predicted molar refractivity (Wildman–Crippen MR) is 114 cm³/mol. The van der Waals surface area contributed by atoms with Gasteiger partial charge in [-0.1, -0.05) is 60.7 Å². The van der Waals surface area contributed by atoms with Crippen molar-refractivity contribution in [1.82, 2.24) is 10.2 Å². The lowest BCUT2D eigenvalue weighted by Gasteiger charge is -2.34. The summed E-state index contributed by atoms with van der Waals surface area (Å²) in [6, 6.07) is 24.4. The van der Waals surface area contributed by atoms with E-state index < -0.39 is 0 Å². The monoisotopic (exact) mass is 390 g/mol.